The van der Waals surface area contributed by atoms with E-state index in [1.807, 2.05) is 6.92 Å². The summed E-state index contributed by atoms with van der Waals surface area (Å²) in [5.41, 5.74) is 0. The second-order valence-corrected chi connectivity index (χ2v) is 7.81. The van der Waals surface area contributed by atoms with E-state index >= 15 is 0 Å². The van der Waals surface area contributed by atoms with Crippen LogP contribution in [-0.2, 0) is 14.8 Å². The third-order valence-electron chi connectivity index (χ3n) is 4.30. The Balaban J connectivity index is 2.04. The molecule has 0 spiro atoms. The van der Waals surface area contributed by atoms with Crippen molar-refractivity contribution in [3.63, 3.8) is 0 Å². The molecule has 2 aliphatic rings. The van der Waals surface area contributed by atoms with Gasteiger partial charge in [0.2, 0.25) is 10.0 Å². The molecule has 0 saturated carbocycles. The zero-order chi connectivity index (χ0) is 14.0. The topological polar surface area (TPSA) is 74.7 Å². The molecule has 2 saturated heterocycles. The quantitative estimate of drug-likeness (QED) is 0.809. The van der Waals surface area contributed by atoms with Gasteiger partial charge in [0.15, 0.2) is 0 Å². The van der Waals surface area contributed by atoms with Gasteiger partial charge in [-0.25, -0.2) is 8.42 Å². The minimum atomic E-state index is -3.15. The highest BCUT2D eigenvalue weighted by Crippen LogP contribution is 2.41. The van der Waals surface area contributed by atoms with Crippen LogP contribution in [-0.4, -0.2) is 41.6 Å². The molecule has 0 amide bonds. The molecule has 2 fully saturated rings. The smallest absolute Gasteiger partial charge is 0.303 e. The first-order valence-corrected chi connectivity index (χ1v) is 8.78. The lowest BCUT2D eigenvalue weighted by molar-refractivity contribution is -0.138. The van der Waals surface area contributed by atoms with Gasteiger partial charge in [-0.05, 0) is 38.0 Å². The molecule has 0 aromatic rings. The molecule has 0 aromatic carbocycles. The summed E-state index contributed by atoms with van der Waals surface area (Å²) in [6.07, 6.45) is 4.98. The predicted octanol–water partition coefficient (Wildman–Crippen LogP) is 1.83. The Hall–Kier alpha value is -0.620. The standard InChI is InChI=1S/C13H23NO4S/c1-2-3-6-19(17,18)14-11-4-5-12(14)8-10(7-11)9-13(15)16/h10-12H,2-9H2,1H3,(H,15,16). The van der Waals surface area contributed by atoms with Gasteiger partial charge in [0.05, 0.1) is 5.75 Å². The largest absolute Gasteiger partial charge is 0.481 e. The van der Waals surface area contributed by atoms with Crippen LogP contribution in [0, 0.1) is 5.92 Å². The Bertz CT molecular complexity index is 420. The van der Waals surface area contributed by atoms with Crippen molar-refractivity contribution in [3.8, 4) is 0 Å². The highest BCUT2D eigenvalue weighted by Gasteiger charge is 2.46. The van der Waals surface area contributed by atoms with Gasteiger partial charge < -0.3 is 5.11 Å². The van der Waals surface area contributed by atoms with Crippen molar-refractivity contribution in [2.45, 2.75) is 64.0 Å². The van der Waals surface area contributed by atoms with Crippen molar-refractivity contribution in [1.29, 1.82) is 0 Å². The first kappa shape index (κ1) is 14.8. The molecule has 2 unspecified atom stereocenters. The number of carboxylic acids is 1. The number of nitrogens with zero attached hydrogens (tertiary/aromatic N) is 1. The van der Waals surface area contributed by atoms with Gasteiger partial charge >= 0.3 is 5.97 Å². The van der Waals surface area contributed by atoms with Crippen LogP contribution >= 0.6 is 0 Å². The van der Waals surface area contributed by atoms with Gasteiger partial charge in [-0.2, -0.15) is 4.31 Å². The van der Waals surface area contributed by atoms with E-state index in [0.717, 1.165) is 19.3 Å². The molecule has 0 aromatic heterocycles. The summed E-state index contributed by atoms with van der Waals surface area (Å²) < 4.78 is 26.4. The first-order chi connectivity index (χ1) is 8.94. The van der Waals surface area contributed by atoms with Crippen molar-refractivity contribution in [3.05, 3.63) is 0 Å². The van der Waals surface area contributed by atoms with Crippen LogP contribution < -0.4 is 0 Å². The number of carboxylic acid groups (broad SMARTS) is 1. The number of carbonyl (C=O) groups is 1. The van der Waals surface area contributed by atoms with Crippen molar-refractivity contribution in [2.24, 2.45) is 5.92 Å². The summed E-state index contributed by atoms with van der Waals surface area (Å²) in [5, 5.41) is 8.87. The Morgan fingerprint density at radius 2 is 1.84 bits per heavy atom. The van der Waals surface area contributed by atoms with Gasteiger partial charge in [-0.15, -0.1) is 0 Å². The van der Waals surface area contributed by atoms with Crippen molar-refractivity contribution < 1.29 is 18.3 Å². The van der Waals surface area contributed by atoms with Crippen LogP contribution in [0.1, 0.15) is 51.9 Å². The number of sulfonamides is 1. The molecule has 2 atom stereocenters. The molecule has 110 valence electrons. The molecular weight excluding hydrogens is 266 g/mol. The van der Waals surface area contributed by atoms with Crippen LogP contribution in [0.25, 0.3) is 0 Å². The van der Waals surface area contributed by atoms with Crippen LogP contribution in [0.15, 0.2) is 0 Å². The van der Waals surface area contributed by atoms with Crippen molar-refractivity contribution in [2.75, 3.05) is 5.75 Å². The summed E-state index contributed by atoms with van der Waals surface area (Å²) in [6, 6.07) is 0.0925. The van der Waals surface area contributed by atoms with E-state index in [1.165, 1.54) is 0 Å². The fraction of sp³-hybridized carbons (Fsp3) is 0.923. The third kappa shape index (κ3) is 3.28. The SMILES string of the molecule is CCCCS(=O)(=O)N1C2CCC1CC(CC(=O)O)C2. The lowest BCUT2D eigenvalue weighted by Gasteiger charge is -2.37. The van der Waals surface area contributed by atoms with Crippen LogP contribution in [0.4, 0.5) is 0 Å². The number of aliphatic carboxylic acids is 1. The van der Waals surface area contributed by atoms with Gasteiger partial charge in [0.25, 0.3) is 0 Å². The molecule has 1 N–H and O–H groups in total. The fourth-order valence-corrected chi connectivity index (χ4v) is 5.70. The maximum absolute atomic E-state index is 12.3. The molecule has 6 heteroatoms. The van der Waals surface area contributed by atoms with E-state index in [0.29, 0.717) is 19.3 Å². The average Bonchev–Trinajstić information content (AvgIpc) is 2.60. The zero-order valence-corrected chi connectivity index (χ0v) is 12.2. The van der Waals surface area contributed by atoms with Crippen LogP contribution in [0.2, 0.25) is 0 Å². The molecular formula is C13H23NO4S. The predicted molar refractivity (Wildman–Crippen MR) is 72.3 cm³/mol. The van der Waals surface area contributed by atoms with E-state index in [2.05, 4.69) is 0 Å². The molecule has 2 bridgehead atoms. The fourth-order valence-electron chi connectivity index (χ4n) is 3.55. The van der Waals surface area contributed by atoms with E-state index in [9.17, 15) is 13.2 Å². The van der Waals surface area contributed by atoms with Gasteiger partial charge in [0.1, 0.15) is 0 Å². The molecule has 2 rings (SSSR count). The number of rotatable bonds is 6. The van der Waals surface area contributed by atoms with E-state index in [-0.39, 0.29) is 30.2 Å². The van der Waals surface area contributed by atoms with Gasteiger partial charge in [-0.1, -0.05) is 13.3 Å². The Kier molecular flexibility index (Phi) is 4.50. The lowest BCUT2D eigenvalue weighted by Crippen LogP contribution is -2.47. The Labute approximate surface area is 115 Å². The normalized spacial score (nSPS) is 31.5. The maximum atomic E-state index is 12.3. The van der Waals surface area contributed by atoms with Gasteiger partial charge in [0, 0.05) is 18.5 Å². The van der Waals surface area contributed by atoms with Crippen LogP contribution in [0.5, 0.6) is 0 Å². The second kappa shape index (κ2) is 5.79. The molecule has 0 aliphatic carbocycles. The maximum Gasteiger partial charge on any atom is 0.303 e. The molecule has 2 heterocycles. The summed E-state index contributed by atoms with van der Waals surface area (Å²) in [6.45, 7) is 1.99. The molecule has 5 nitrogen and oxygen atoms in total. The average molecular weight is 289 g/mol. The number of piperidine rings is 1. The Morgan fingerprint density at radius 3 is 2.32 bits per heavy atom. The highest BCUT2D eigenvalue weighted by molar-refractivity contribution is 7.89. The number of unbranched alkanes of at least 4 members (excludes halogenated alkanes) is 1. The third-order valence-corrected chi connectivity index (χ3v) is 6.35. The monoisotopic (exact) mass is 289 g/mol. The number of hydrogen-bond donors (Lipinski definition) is 1. The summed E-state index contributed by atoms with van der Waals surface area (Å²) in [7, 11) is -3.15. The van der Waals surface area contributed by atoms with Crippen molar-refractivity contribution in [1.82, 2.24) is 4.31 Å². The van der Waals surface area contributed by atoms with E-state index in [1.54, 1.807) is 4.31 Å². The first-order valence-electron chi connectivity index (χ1n) is 7.17. The minimum absolute atomic E-state index is 0.0463. The molecule has 0 radical (unpaired) electrons. The van der Waals surface area contributed by atoms with E-state index < -0.39 is 16.0 Å². The Morgan fingerprint density at radius 1 is 1.26 bits per heavy atom. The number of fused-ring (bicyclic) bond motifs is 2. The number of hydrogen-bond acceptors (Lipinski definition) is 3. The van der Waals surface area contributed by atoms with Crippen LogP contribution in [0.3, 0.4) is 0 Å². The minimum Gasteiger partial charge on any atom is -0.481 e. The lowest BCUT2D eigenvalue weighted by atomic mass is 9.90. The summed E-state index contributed by atoms with van der Waals surface area (Å²) >= 11 is 0. The highest BCUT2D eigenvalue weighted by atomic mass is 32.2. The summed E-state index contributed by atoms with van der Waals surface area (Å²) in [5.74, 6) is -0.389. The molecule has 2 aliphatic heterocycles. The van der Waals surface area contributed by atoms with Gasteiger partial charge in [-0.3, -0.25) is 4.79 Å². The second-order valence-electron chi connectivity index (χ2n) is 5.82. The molecule has 19 heavy (non-hydrogen) atoms. The summed E-state index contributed by atoms with van der Waals surface area (Å²) in [4.78, 5) is 10.8. The van der Waals surface area contributed by atoms with E-state index in [4.69, 9.17) is 5.11 Å². The van der Waals surface area contributed by atoms with Crippen molar-refractivity contribution >= 4 is 16.0 Å². The zero-order valence-electron chi connectivity index (χ0n) is 11.4.